The molecule has 1 aliphatic rings. The Bertz CT molecular complexity index is 1510. The van der Waals surface area contributed by atoms with Crippen molar-refractivity contribution in [3.63, 3.8) is 0 Å². The predicted octanol–water partition coefficient (Wildman–Crippen LogP) is 5.29. The van der Waals surface area contributed by atoms with E-state index in [-0.39, 0.29) is 29.1 Å². The number of carbonyl (C=O) groups is 2. The highest BCUT2D eigenvalue weighted by Gasteiger charge is 2.33. The Balaban J connectivity index is 1.67. The Morgan fingerprint density at radius 3 is 2.30 bits per heavy atom. The predicted molar refractivity (Wildman–Crippen MR) is 167 cm³/mol. The van der Waals surface area contributed by atoms with E-state index < -0.39 is 34.3 Å². The number of hydrogen-bond donors (Lipinski definition) is 1. The summed E-state index contributed by atoms with van der Waals surface area (Å²) < 4.78 is 53.5. The Morgan fingerprint density at radius 2 is 1.66 bits per heavy atom. The Kier molecular flexibility index (Phi) is 11.2. The average molecular weight is 626 g/mol. The van der Waals surface area contributed by atoms with Crippen LogP contribution in [0.25, 0.3) is 0 Å². The van der Waals surface area contributed by atoms with Gasteiger partial charge in [-0.05, 0) is 92.9 Å². The molecule has 9 nitrogen and oxygen atoms in total. The van der Waals surface area contributed by atoms with Crippen LogP contribution in [0.2, 0.25) is 0 Å². The van der Waals surface area contributed by atoms with E-state index in [1.807, 2.05) is 13.0 Å². The van der Waals surface area contributed by atoms with Crippen LogP contribution >= 0.6 is 0 Å². The molecule has 1 saturated carbocycles. The number of amides is 2. The van der Waals surface area contributed by atoms with Gasteiger partial charge in [0, 0.05) is 12.6 Å². The second-order valence-electron chi connectivity index (χ2n) is 10.8. The fraction of sp³-hybridized carbons (Fsp3) is 0.394. The number of nitrogens with one attached hydrogen (secondary N) is 1. The maximum Gasteiger partial charge on any atom is 0.264 e. The highest BCUT2D eigenvalue weighted by Crippen LogP contribution is 2.27. The van der Waals surface area contributed by atoms with Gasteiger partial charge < -0.3 is 19.7 Å². The third kappa shape index (κ3) is 8.28. The van der Waals surface area contributed by atoms with Crippen LogP contribution in [0.15, 0.2) is 77.7 Å². The number of nitrogens with zero attached hydrogens (tertiary/aromatic N) is 2. The standard InChI is InChI=1S/C33H40FN3O6S/c1-4-43-29-17-19-31(20-18-29)44(40,41)37(28-15-13-26(34)14-16-28)23-32(38)36(22-25-9-8-12-30(21-25)42-3)24(2)33(39)35-27-10-6-5-7-11-27/h8-9,12-21,24,27H,4-7,10-11,22-23H2,1-3H3,(H,35,39)/t24-/m1/s1. The molecule has 0 aromatic heterocycles. The van der Waals surface area contributed by atoms with Crippen LogP contribution in [0.5, 0.6) is 11.5 Å². The monoisotopic (exact) mass is 625 g/mol. The van der Waals surface area contributed by atoms with Crippen LogP contribution in [0.4, 0.5) is 10.1 Å². The van der Waals surface area contributed by atoms with Gasteiger partial charge in [0.05, 0.1) is 24.3 Å². The summed E-state index contributed by atoms with van der Waals surface area (Å²) in [7, 11) is -2.76. The van der Waals surface area contributed by atoms with Crippen molar-refractivity contribution in [1.29, 1.82) is 0 Å². The van der Waals surface area contributed by atoms with E-state index in [4.69, 9.17) is 9.47 Å². The summed E-state index contributed by atoms with van der Waals surface area (Å²) in [5.41, 5.74) is 0.812. The minimum Gasteiger partial charge on any atom is -0.497 e. The molecule has 1 N–H and O–H groups in total. The topological polar surface area (TPSA) is 105 Å². The summed E-state index contributed by atoms with van der Waals surface area (Å²) in [6, 6.07) is 17.0. The van der Waals surface area contributed by atoms with E-state index in [1.54, 1.807) is 25.1 Å². The molecule has 2 amide bonds. The van der Waals surface area contributed by atoms with E-state index in [9.17, 15) is 22.4 Å². The first kappa shape index (κ1) is 32.8. The minimum absolute atomic E-state index is 0.0308. The highest BCUT2D eigenvalue weighted by molar-refractivity contribution is 7.92. The molecule has 3 aromatic rings. The molecule has 0 bridgehead atoms. The highest BCUT2D eigenvalue weighted by atomic mass is 32.2. The molecule has 0 heterocycles. The van der Waals surface area contributed by atoms with Gasteiger partial charge in [0.2, 0.25) is 11.8 Å². The lowest BCUT2D eigenvalue weighted by atomic mass is 9.95. The van der Waals surface area contributed by atoms with Crippen LogP contribution in [0.1, 0.15) is 51.5 Å². The lowest BCUT2D eigenvalue weighted by molar-refractivity contribution is -0.139. The van der Waals surface area contributed by atoms with Crippen molar-refractivity contribution in [1.82, 2.24) is 10.2 Å². The molecule has 0 spiro atoms. The van der Waals surface area contributed by atoms with Crippen LogP contribution in [-0.4, -0.2) is 57.5 Å². The maximum absolute atomic E-state index is 14.1. The van der Waals surface area contributed by atoms with E-state index in [2.05, 4.69) is 5.32 Å². The summed E-state index contributed by atoms with van der Waals surface area (Å²) in [4.78, 5) is 28.9. The molecular weight excluding hydrogens is 585 g/mol. The van der Waals surface area contributed by atoms with Crippen molar-refractivity contribution in [2.75, 3.05) is 24.6 Å². The quantitative estimate of drug-likeness (QED) is 0.277. The largest absolute Gasteiger partial charge is 0.497 e. The molecule has 236 valence electrons. The van der Waals surface area contributed by atoms with Crippen molar-refractivity contribution < 1.29 is 31.9 Å². The molecular formula is C33H40FN3O6S. The van der Waals surface area contributed by atoms with Crippen LogP contribution in [0.3, 0.4) is 0 Å². The van der Waals surface area contributed by atoms with Gasteiger partial charge in [-0.25, -0.2) is 12.8 Å². The van der Waals surface area contributed by atoms with Crippen LogP contribution < -0.4 is 19.1 Å². The number of methoxy groups -OCH3 is 1. The molecule has 0 saturated heterocycles. The van der Waals surface area contributed by atoms with Crippen molar-refractivity contribution in [3.05, 3.63) is 84.2 Å². The summed E-state index contributed by atoms with van der Waals surface area (Å²) in [6.07, 6.45) is 4.94. The third-order valence-electron chi connectivity index (χ3n) is 7.72. The van der Waals surface area contributed by atoms with Gasteiger partial charge in [0.25, 0.3) is 10.0 Å². The second-order valence-corrected chi connectivity index (χ2v) is 12.6. The van der Waals surface area contributed by atoms with Gasteiger partial charge in [-0.3, -0.25) is 13.9 Å². The summed E-state index contributed by atoms with van der Waals surface area (Å²) in [6.45, 7) is 3.29. The van der Waals surface area contributed by atoms with Crippen molar-refractivity contribution >= 4 is 27.5 Å². The molecule has 11 heteroatoms. The minimum atomic E-state index is -4.29. The Morgan fingerprint density at radius 1 is 0.977 bits per heavy atom. The molecule has 3 aromatic carbocycles. The molecule has 44 heavy (non-hydrogen) atoms. The van der Waals surface area contributed by atoms with Crippen LogP contribution in [-0.2, 0) is 26.2 Å². The Labute approximate surface area is 259 Å². The number of rotatable bonds is 13. The molecule has 1 atom stereocenters. The number of hydrogen-bond acceptors (Lipinski definition) is 6. The summed E-state index contributed by atoms with van der Waals surface area (Å²) >= 11 is 0. The second kappa shape index (κ2) is 15.1. The lowest BCUT2D eigenvalue weighted by Crippen LogP contribution is -2.53. The maximum atomic E-state index is 14.1. The number of sulfonamides is 1. The fourth-order valence-electron chi connectivity index (χ4n) is 5.26. The van der Waals surface area contributed by atoms with E-state index in [0.29, 0.717) is 23.7 Å². The van der Waals surface area contributed by atoms with Gasteiger partial charge in [0.1, 0.15) is 29.9 Å². The molecule has 0 unspecified atom stereocenters. The molecule has 4 rings (SSSR count). The van der Waals surface area contributed by atoms with Crippen molar-refractivity contribution in [2.24, 2.45) is 0 Å². The zero-order chi connectivity index (χ0) is 31.7. The van der Waals surface area contributed by atoms with Gasteiger partial charge in [0.15, 0.2) is 0 Å². The van der Waals surface area contributed by atoms with E-state index >= 15 is 0 Å². The van der Waals surface area contributed by atoms with Gasteiger partial charge in [-0.2, -0.15) is 0 Å². The number of carbonyl (C=O) groups excluding carboxylic acids is 2. The number of benzene rings is 3. The summed E-state index contributed by atoms with van der Waals surface area (Å²) in [5.74, 6) is -0.377. The zero-order valence-corrected chi connectivity index (χ0v) is 26.2. The number of anilines is 1. The normalized spacial score (nSPS) is 14.4. The third-order valence-corrected chi connectivity index (χ3v) is 9.51. The number of ether oxygens (including phenoxy) is 2. The first-order valence-electron chi connectivity index (χ1n) is 14.9. The molecule has 0 aliphatic heterocycles. The van der Waals surface area contributed by atoms with Gasteiger partial charge in [-0.15, -0.1) is 0 Å². The lowest BCUT2D eigenvalue weighted by Gasteiger charge is -2.33. The molecule has 1 fully saturated rings. The van der Waals surface area contributed by atoms with E-state index in [0.717, 1.165) is 48.5 Å². The van der Waals surface area contributed by atoms with Gasteiger partial charge in [-0.1, -0.05) is 31.4 Å². The smallest absolute Gasteiger partial charge is 0.264 e. The molecule has 1 aliphatic carbocycles. The SMILES string of the molecule is CCOc1ccc(S(=O)(=O)N(CC(=O)N(Cc2cccc(OC)c2)[C@H](C)C(=O)NC2CCCCC2)c2ccc(F)cc2)cc1. The first-order chi connectivity index (χ1) is 21.1. The van der Waals surface area contributed by atoms with Crippen LogP contribution in [0, 0.1) is 5.82 Å². The van der Waals surface area contributed by atoms with Crippen molar-refractivity contribution in [2.45, 2.75) is 69.5 Å². The van der Waals surface area contributed by atoms with Gasteiger partial charge >= 0.3 is 0 Å². The zero-order valence-electron chi connectivity index (χ0n) is 25.4. The first-order valence-corrected chi connectivity index (χ1v) is 16.3. The average Bonchev–Trinajstić information content (AvgIpc) is 3.03. The fourth-order valence-corrected chi connectivity index (χ4v) is 6.67. The molecule has 0 radical (unpaired) electrons. The van der Waals surface area contributed by atoms with Crippen molar-refractivity contribution in [3.8, 4) is 11.5 Å². The number of halogens is 1. The van der Waals surface area contributed by atoms with E-state index in [1.165, 1.54) is 48.4 Å². The Hall–Kier alpha value is -4.12. The summed E-state index contributed by atoms with van der Waals surface area (Å²) in [5, 5.41) is 3.08.